The minimum Gasteiger partial charge on any atom is -0.340 e. The number of hydrogen-bond donors (Lipinski definition) is 2. The first-order chi connectivity index (χ1) is 8.95. The average molecular weight is 319 g/mol. The number of aromatic amines is 1. The summed E-state index contributed by atoms with van der Waals surface area (Å²) in [6.07, 6.45) is 0.841. The number of anilines is 1. The second-order valence-electron chi connectivity index (χ2n) is 4.40. The van der Waals surface area contributed by atoms with Gasteiger partial charge in [0.05, 0.1) is 5.02 Å². The molecule has 2 aromatic heterocycles. The number of carbonyl (C=O) groups excluding carboxylic acids is 1. The molecule has 1 amide bonds. The Morgan fingerprint density at radius 1 is 1.47 bits per heavy atom. The van der Waals surface area contributed by atoms with Crippen LogP contribution in [0.5, 0.6) is 0 Å². The number of nitrogens with one attached hydrogen (secondary N) is 2. The Kier molecular flexibility index (Phi) is 4.44. The van der Waals surface area contributed by atoms with E-state index in [2.05, 4.69) is 34.3 Å². The van der Waals surface area contributed by atoms with Crippen LogP contribution in [0.3, 0.4) is 0 Å². The minimum absolute atomic E-state index is 0.240. The van der Waals surface area contributed by atoms with Crippen molar-refractivity contribution in [3.63, 3.8) is 0 Å². The van der Waals surface area contributed by atoms with Gasteiger partial charge in [0.15, 0.2) is 0 Å². The molecular weight excluding hydrogens is 307 g/mol. The third-order valence-corrected chi connectivity index (χ3v) is 3.79. The zero-order chi connectivity index (χ0) is 14.0. The van der Waals surface area contributed by atoms with Crippen molar-refractivity contribution >= 4 is 45.6 Å². The quantitative estimate of drug-likeness (QED) is 0.904. The van der Waals surface area contributed by atoms with Gasteiger partial charge in [-0.2, -0.15) is 0 Å². The van der Waals surface area contributed by atoms with Gasteiger partial charge >= 0.3 is 0 Å². The summed E-state index contributed by atoms with van der Waals surface area (Å²) in [5.41, 5.74) is 0.288. The van der Waals surface area contributed by atoms with Gasteiger partial charge in [-0.05, 0) is 12.0 Å². The predicted molar refractivity (Wildman–Crippen MR) is 77.2 cm³/mol. The highest BCUT2D eigenvalue weighted by Crippen LogP contribution is 2.23. The Labute approximate surface area is 124 Å². The molecule has 0 aliphatic rings. The SMILES string of the molecule is CC(C)Cc1nnc(NC(=O)c2cc(Cl)c(Cl)[nH]2)s1. The second-order valence-corrected chi connectivity index (χ2v) is 6.25. The smallest absolute Gasteiger partial charge is 0.273 e. The second kappa shape index (κ2) is 5.90. The van der Waals surface area contributed by atoms with Crippen molar-refractivity contribution in [3.05, 3.63) is 26.9 Å². The van der Waals surface area contributed by atoms with Crippen LogP contribution in [0.1, 0.15) is 29.3 Å². The van der Waals surface area contributed by atoms with Gasteiger partial charge in [-0.3, -0.25) is 10.1 Å². The Morgan fingerprint density at radius 2 is 2.21 bits per heavy atom. The van der Waals surface area contributed by atoms with E-state index in [1.807, 2.05) is 0 Å². The van der Waals surface area contributed by atoms with Crippen LogP contribution in [0.4, 0.5) is 5.13 Å². The monoisotopic (exact) mass is 318 g/mol. The molecule has 0 saturated heterocycles. The van der Waals surface area contributed by atoms with E-state index < -0.39 is 0 Å². The molecule has 2 heterocycles. The summed E-state index contributed by atoms with van der Waals surface area (Å²) in [6, 6.07) is 1.47. The molecular formula is C11H12Cl2N4OS. The maximum Gasteiger partial charge on any atom is 0.273 e. The fourth-order valence-corrected chi connectivity index (χ4v) is 2.69. The summed E-state index contributed by atoms with van der Waals surface area (Å²) >= 11 is 12.9. The maximum absolute atomic E-state index is 11.9. The number of amides is 1. The van der Waals surface area contributed by atoms with Crippen LogP contribution in [0.2, 0.25) is 10.2 Å². The zero-order valence-corrected chi connectivity index (χ0v) is 12.7. The van der Waals surface area contributed by atoms with E-state index in [0.29, 0.717) is 16.1 Å². The lowest BCUT2D eigenvalue weighted by Crippen LogP contribution is -2.11. The molecule has 2 N–H and O–H groups in total. The van der Waals surface area contributed by atoms with Crippen molar-refractivity contribution in [2.45, 2.75) is 20.3 Å². The van der Waals surface area contributed by atoms with Crippen molar-refractivity contribution in [3.8, 4) is 0 Å². The lowest BCUT2D eigenvalue weighted by Gasteiger charge is -1.98. The Balaban J connectivity index is 2.04. The largest absolute Gasteiger partial charge is 0.340 e. The lowest BCUT2D eigenvalue weighted by atomic mass is 10.1. The van der Waals surface area contributed by atoms with Crippen molar-refractivity contribution in [1.82, 2.24) is 15.2 Å². The van der Waals surface area contributed by atoms with Gasteiger partial charge in [-0.25, -0.2) is 0 Å². The zero-order valence-electron chi connectivity index (χ0n) is 10.3. The molecule has 8 heteroatoms. The van der Waals surface area contributed by atoms with Crippen LogP contribution in [0.15, 0.2) is 6.07 Å². The number of halogens is 2. The Morgan fingerprint density at radius 3 is 2.79 bits per heavy atom. The number of carbonyl (C=O) groups is 1. The molecule has 0 aromatic carbocycles. The molecule has 0 aliphatic carbocycles. The van der Waals surface area contributed by atoms with Crippen molar-refractivity contribution in [2.24, 2.45) is 5.92 Å². The summed E-state index contributed by atoms with van der Waals surface area (Å²) < 4.78 is 0. The molecule has 0 atom stereocenters. The first kappa shape index (κ1) is 14.3. The van der Waals surface area contributed by atoms with Gasteiger partial charge in [-0.1, -0.05) is 48.4 Å². The molecule has 19 heavy (non-hydrogen) atoms. The summed E-state index contributed by atoms with van der Waals surface area (Å²) in [5, 5.41) is 12.5. The van der Waals surface area contributed by atoms with Crippen LogP contribution in [-0.4, -0.2) is 21.1 Å². The van der Waals surface area contributed by atoms with E-state index in [0.717, 1.165) is 11.4 Å². The molecule has 0 bridgehead atoms. The number of rotatable bonds is 4. The summed E-state index contributed by atoms with van der Waals surface area (Å²) in [7, 11) is 0. The topological polar surface area (TPSA) is 70.7 Å². The Hall–Kier alpha value is -1.11. The first-order valence-corrected chi connectivity index (χ1v) is 7.20. The molecule has 0 aliphatic heterocycles. The van der Waals surface area contributed by atoms with Gasteiger partial charge in [0.1, 0.15) is 15.9 Å². The molecule has 0 saturated carbocycles. The van der Waals surface area contributed by atoms with Crippen LogP contribution >= 0.6 is 34.5 Å². The predicted octanol–water partition coefficient (Wildman–Crippen LogP) is 3.62. The standard InChI is InChI=1S/C11H12Cl2N4OS/c1-5(2)3-8-16-17-11(19-8)15-10(18)7-4-6(12)9(13)14-7/h4-5,14H,3H2,1-2H3,(H,15,17,18). The molecule has 0 fully saturated rings. The van der Waals surface area contributed by atoms with Gasteiger partial charge in [0.25, 0.3) is 5.91 Å². The number of aromatic nitrogens is 3. The van der Waals surface area contributed by atoms with Crippen LogP contribution in [0, 0.1) is 5.92 Å². The van der Waals surface area contributed by atoms with E-state index in [1.165, 1.54) is 17.4 Å². The number of hydrogen-bond acceptors (Lipinski definition) is 4. The molecule has 5 nitrogen and oxygen atoms in total. The molecule has 2 rings (SSSR count). The van der Waals surface area contributed by atoms with E-state index in [1.54, 1.807) is 0 Å². The van der Waals surface area contributed by atoms with Crippen molar-refractivity contribution < 1.29 is 4.79 Å². The molecule has 0 radical (unpaired) electrons. The van der Waals surface area contributed by atoms with Crippen LogP contribution < -0.4 is 5.32 Å². The molecule has 0 spiro atoms. The number of nitrogens with zero attached hydrogens (tertiary/aromatic N) is 2. The van der Waals surface area contributed by atoms with Gasteiger partial charge in [0, 0.05) is 6.42 Å². The van der Waals surface area contributed by atoms with E-state index in [4.69, 9.17) is 23.2 Å². The molecule has 0 unspecified atom stereocenters. The number of H-pyrrole nitrogens is 1. The van der Waals surface area contributed by atoms with Gasteiger partial charge in [-0.15, -0.1) is 10.2 Å². The summed E-state index contributed by atoms with van der Waals surface area (Å²) in [6.45, 7) is 4.20. The van der Waals surface area contributed by atoms with E-state index in [9.17, 15) is 4.79 Å². The normalized spacial score (nSPS) is 11.0. The Bertz CT molecular complexity index is 574. The lowest BCUT2D eigenvalue weighted by molar-refractivity contribution is 0.102. The minimum atomic E-state index is -0.346. The first-order valence-electron chi connectivity index (χ1n) is 5.63. The van der Waals surface area contributed by atoms with Crippen LogP contribution in [0.25, 0.3) is 0 Å². The third kappa shape index (κ3) is 3.68. The summed E-state index contributed by atoms with van der Waals surface area (Å²) in [5.74, 6) is 0.151. The van der Waals surface area contributed by atoms with Gasteiger partial charge < -0.3 is 4.98 Å². The van der Waals surface area contributed by atoms with Crippen LogP contribution in [-0.2, 0) is 6.42 Å². The average Bonchev–Trinajstić information content (AvgIpc) is 2.86. The highest BCUT2D eigenvalue weighted by Gasteiger charge is 2.14. The highest BCUT2D eigenvalue weighted by atomic mass is 35.5. The van der Waals surface area contributed by atoms with Gasteiger partial charge in [0.2, 0.25) is 5.13 Å². The van der Waals surface area contributed by atoms with Crippen molar-refractivity contribution in [2.75, 3.05) is 5.32 Å². The fourth-order valence-electron chi connectivity index (χ4n) is 1.43. The fraction of sp³-hybridized carbons (Fsp3) is 0.364. The van der Waals surface area contributed by atoms with E-state index in [-0.39, 0.29) is 16.8 Å². The van der Waals surface area contributed by atoms with Crippen molar-refractivity contribution in [1.29, 1.82) is 0 Å². The van der Waals surface area contributed by atoms with E-state index >= 15 is 0 Å². The third-order valence-electron chi connectivity index (χ3n) is 2.24. The summed E-state index contributed by atoms with van der Waals surface area (Å²) in [4.78, 5) is 14.6. The molecule has 2 aromatic rings. The molecule has 102 valence electrons. The highest BCUT2D eigenvalue weighted by molar-refractivity contribution is 7.15. The maximum atomic E-state index is 11.9.